The quantitative estimate of drug-likeness (QED) is 0.593. The number of rotatable bonds is 7. The van der Waals surface area contributed by atoms with Gasteiger partial charge in [-0.2, -0.15) is 0 Å². The Morgan fingerprint density at radius 2 is 2.22 bits per heavy atom. The maximum Gasteiger partial charge on any atom is 0.311 e. The summed E-state index contributed by atoms with van der Waals surface area (Å²) in [6.45, 7) is 2.06. The van der Waals surface area contributed by atoms with Gasteiger partial charge in [-0.3, -0.25) is 10.1 Å². The smallest absolute Gasteiger partial charge is 0.311 e. The maximum atomic E-state index is 12.9. The summed E-state index contributed by atoms with van der Waals surface area (Å²) >= 11 is 0. The molecule has 0 fully saturated rings. The standard InChI is InChI=1S/C11H14FNO5/c1-2-17-6-9(14)7-18-11-5-8(12)3-4-10(11)13(15)16/h3-5,9,14H,2,6-7H2,1H3. The Labute approximate surface area is 103 Å². The van der Waals surface area contributed by atoms with Gasteiger partial charge in [0, 0.05) is 18.7 Å². The highest BCUT2D eigenvalue weighted by Crippen LogP contribution is 2.27. The van der Waals surface area contributed by atoms with Crippen LogP contribution >= 0.6 is 0 Å². The van der Waals surface area contributed by atoms with E-state index in [-0.39, 0.29) is 24.7 Å². The van der Waals surface area contributed by atoms with E-state index in [1.807, 2.05) is 0 Å². The Bertz CT molecular complexity index is 412. The highest BCUT2D eigenvalue weighted by molar-refractivity contribution is 5.46. The summed E-state index contributed by atoms with van der Waals surface area (Å²) in [7, 11) is 0. The number of nitrogens with zero attached hydrogens (tertiary/aromatic N) is 1. The van der Waals surface area contributed by atoms with E-state index in [0.29, 0.717) is 6.61 Å². The molecule has 1 aromatic rings. The summed E-state index contributed by atoms with van der Waals surface area (Å²) in [6.07, 6.45) is -0.923. The van der Waals surface area contributed by atoms with Gasteiger partial charge in [0.1, 0.15) is 18.5 Å². The molecule has 1 atom stereocenters. The molecule has 0 saturated heterocycles. The average Bonchev–Trinajstić information content (AvgIpc) is 2.33. The first-order valence-corrected chi connectivity index (χ1v) is 5.37. The Morgan fingerprint density at radius 1 is 1.50 bits per heavy atom. The summed E-state index contributed by atoms with van der Waals surface area (Å²) in [5.74, 6) is -0.856. The molecular weight excluding hydrogens is 245 g/mol. The highest BCUT2D eigenvalue weighted by atomic mass is 19.1. The molecule has 0 aliphatic carbocycles. The molecule has 0 aliphatic heterocycles. The minimum atomic E-state index is -0.923. The molecule has 0 radical (unpaired) electrons. The van der Waals surface area contributed by atoms with Crippen LogP contribution in [0, 0.1) is 15.9 Å². The van der Waals surface area contributed by atoms with Crippen LogP contribution in [0.3, 0.4) is 0 Å². The average molecular weight is 259 g/mol. The molecule has 0 aliphatic rings. The Morgan fingerprint density at radius 3 is 2.83 bits per heavy atom. The fourth-order valence-electron chi connectivity index (χ4n) is 1.24. The minimum Gasteiger partial charge on any atom is -0.484 e. The number of hydrogen-bond acceptors (Lipinski definition) is 5. The summed E-state index contributed by atoms with van der Waals surface area (Å²) in [6, 6.07) is 2.90. The lowest BCUT2D eigenvalue weighted by Gasteiger charge is -2.12. The number of benzene rings is 1. The second-order valence-electron chi connectivity index (χ2n) is 3.49. The van der Waals surface area contributed by atoms with Crippen LogP contribution in [0.1, 0.15) is 6.92 Å². The van der Waals surface area contributed by atoms with Gasteiger partial charge in [-0.05, 0) is 13.0 Å². The molecule has 0 heterocycles. The Hall–Kier alpha value is -1.73. The molecule has 100 valence electrons. The predicted octanol–water partition coefficient (Wildman–Crippen LogP) is 1.51. The van der Waals surface area contributed by atoms with Crippen LogP contribution in [-0.2, 0) is 4.74 Å². The first-order chi connectivity index (χ1) is 8.54. The van der Waals surface area contributed by atoms with Crippen LogP contribution in [0.4, 0.5) is 10.1 Å². The molecular formula is C11H14FNO5. The van der Waals surface area contributed by atoms with Gasteiger partial charge in [0.15, 0.2) is 5.75 Å². The lowest BCUT2D eigenvalue weighted by molar-refractivity contribution is -0.386. The number of hydrogen-bond donors (Lipinski definition) is 1. The first kappa shape index (κ1) is 14.3. The number of nitro groups is 1. The van der Waals surface area contributed by atoms with Gasteiger partial charge in [-0.1, -0.05) is 0 Å². The number of ether oxygens (including phenoxy) is 2. The number of nitro benzene ring substituents is 1. The van der Waals surface area contributed by atoms with Crippen molar-refractivity contribution in [2.24, 2.45) is 0 Å². The zero-order valence-electron chi connectivity index (χ0n) is 9.84. The second kappa shape index (κ2) is 6.87. The first-order valence-electron chi connectivity index (χ1n) is 5.37. The fourth-order valence-corrected chi connectivity index (χ4v) is 1.24. The number of aliphatic hydroxyl groups is 1. The lowest BCUT2D eigenvalue weighted by Crippen LogP contribution is -2.23. The van der Waals surface area contributed by atoms with E-state index >= 15 is 0 Å². The van der Waals surface area contributed by atoms with Crippen molar-refractivity contribution in [1.82, 2.24) is 0 Å². The van der Waals surface area contributed by atoms with Crippen molar-refractivity contribution < 1.29 is 23.9 Å². The van der Waals surface area contributed by atoms with Gasteiger partial charge in [0.05, 0.1) is 11.5 Å². The van der Waals surface area contributed by atoms with E-state index in [0.717, 1.165) is 18.2 Å². The zero-order valence-corrected chi connectivity index (χ0v) is 9.84. The molecule has 0 saturated carbocycles. The van der Waals surface area contributed by atoms with Crippen molar-refractivity contribution in [1.29, 1.82) is 0 Å². The normalized spacial score (nSPS) is 12.2. The maximum absolute atomic E-state index is 12.9. The van der Waals surface area contributed by atoms with Crippen LogP contribution in [0.2, 0.25) is 0 Å². The van der Waals surface area contributed by atoms with Crippen molar-refractivity contribution in [2.45, 2.75) is 13.0 Å². The van der Waals surface area contributed by atoms with Crippen LogP contribution < -0.4 is 4.74 Å². The monoisotopic (exact) mass is 259 g/mol. The molecule has 0 spiro atoms. The lowest BCUT2D eigenvalue weighted by atomic mass is 10.3. The van der Waals surface area contributed by atoms with E-state index in [9.17, 15) is 19.6 Å². The largest absolute Gasteiger partial charge is 0.484 e. The summed E-state index contributed by atoms with van der Waals surface area (Å²) in [5.41, 5.74) is -0.347. The second-order valence-corrected chi connectivity index (χ2v) is 3.49. The third kappa shape index (κ3) is 4.27. The molecule has 0 bridgehead atoms. The van der Waals surface area contributed by atoms with Crippen LogP contribution in [-0.4, -0.2) is 36.0 Å². The van der Waals surface area contributed by atoms with Gasteiger partial charge in [0.2, 0.25) is 0 Å². The molecule has 1 rings (SSSR count). The van der Waals surface area contributed by atoms with Crippen molar-refractivity contribution in [3.05, 3.63) is 34.1 Å². The fraction of sp³-hybridized carbons (Fsp3) is 0.455. The predicted molar refractivity (Wildman–Crippen MR) is 61.0 cm³/mol. The van der Waals surface area contributed by atoms with E-state index in [2.05, 4.69) is 0 Å². The van der Waals surface area contributed by atoms with Crippen LogP contribution in [0.15, 0.2) is 18.2 Å². The molecule has 7 heteroatoms. The van der Waals surface area contributed by atoms with E-state index in [4.69, 9.17) is 9.47 Å². The molecule has 6 nitrogen and oxygen atoms in total. The summed E-state index contributed by atoms with van der Waals surface area (Å²) in [5, 5.41) is 20.1. The van der Waals surface area contributed by atoms with Gasteiger partial charge in [-0.25, -0.2) is 4.39 Å². The van der Waals surface area contributed by atoms with Crippen molar-refractivity contribution in [2.75, 3.05) is 19.8 Å². The molecule has 1 unspecified atom stereocenters. The van der Waals surface area contributed by atoms with Crippen molar-refractivity contribution in [3.63, 3.8) is 0 Å². The molecule has 0 amide bonds. The summed E-state index contributed by atoms with van der Waals surface area (Å²) in [4.78, 5) is 9.99. The van der Waals surface area contributed by atoms with Gasteiger partial charge in [0.25, 0.3) is 0 Å². The highest BCUT2D eigenvalue weighted by Gasteiger charge is 2.17. The van der Waals surface area contributed by atoms with Crippen LogP contribution in [0.5, 0.6) is 5.75 Å². The topological polar surface area (TPSA) is 81.8 Å². The van der Waals surface area contributed by atoms with E-state index in [1.54, 1.807) is 6.92 Å². The number of aliphatic hydroxyl groups excluding tert-OH is 1. The number of halogens is 1. The van der Waals surface area contributed by atoms with E-state index in [1.165, 1.54) is 0 Å². The van der Waals surface area contributed by atoms with Crippen molar-refractivity contribution >= 4 is 5.69 Å². The van der Waals surface area contributed by atoms with Crippen LogP contribution in [0.25, 0.3) is 0 Å². The van der Waals surface area contributed by atoms with Gasteiger partial charge < -0.3 is 14.6 Å². The van der Waals surface area contributed by atoms with Gasteiger partial charge in [-0.15, -0.1) is 0 Å². The molecule has 1 aromatic carbocycles. The Balaban J connectivity index is 2.65. The Kier molecular flexibility index (Phi) is 5.47. The third-order valence-corrected chi connectivity index (χ3v) is 2.06. The molecule has 1 N–H and O–H groups in total. The zero-order chi connectivity index (χ0) is 13.5. The van der Waals surface area contributed by atoms with Gasteiger partial charge >= 0.3 is 5.69 Å². The molecule has 18 heavy (non-hydrogen) atoms. The SMILES string of the molecule is CCOCC(O)COc1cc(F)ccc1[N+](=O)[O-]. The molecule has 0 aromatic heterocycles. The summed E-state index contributed by atoms with van der Waals surface area (Å²) < 4.78 is 22.9. The van der Waals surface area contributed by atoms with E-state index < -0.39 is 16.8 Å². The third-order valence-electron chi connectivity index (χ3n) is 2.06. The van der Waals surface area contributed by atoms with Crippen molar-refractivity contribution in [3.8, 4) is 5.75 Å². The minimum absolute atomic E-state index is 0.0552.